The summed E-state index contributed by atoms with van der Waals surface area (Å²) in [5.41, 5.74) is 3.79. The Labute approximate surface area is 149 Å². The predicted octanol–water partition coefficient (Wildman–Crippen LogP) is 5.09. The number of hydrogen-bond acceptors (Lipinski definition) is 3. The zero-order valence-electron chi connectivity index (χ0n) is 14.9. The number of hydrogen-bond donors (Lipinski definition) is 0. The van der Waals surface area contributed by atoms with Crippen molar-refractivity contribution in [2.75, 3.05) is 13.7 Å². The van der Waals surface area contributed by atoms with Crippen LogP contribution >= 0.6 is 0 Å². The normalized spacial score (nSPS) is 15.1. The first-order valence-corrected chi connectivity index (χ1v) is 8.87. The molecule has 0 heterocycles. The van der Waals surface area contributed by atoms with E-state index >= 15 is 0 Å². The molecular weight excluding hydrogens is 312 g/mol. The molecule has 25 heavy (non-hydrogen) atoms. The van der Waals surface area contributed by atoms with Gasteiger partial charge >= 0.3 is 0 Å². The largest absolute Gasteiger partial charge is 0.493 e. The minimum atomic E-state index is 0.131. The number of ketones is 1. The second-order valence-corrected chi connectivity index (χ2v) is 6.27. The third-order valence-corrected chi connectivity index (χ3v) is 4.50. The smallest absolute Gasteiger partial charge is 0.189 e. The summed E-state index contributed by atoms with van der Waals surface area (Å²) in [7, 11) is 1.64. The van der Waals surface area contributed by atoms with Crippen molar-refractivity contribution in [1.29, 1.82) is 0 Å². The molecule has 0 atom stereocenters. The zero-order chi connectivity index (χ0) is 17.6. The average molecular weight is 336 g/mol. The summed E-state index contributed by atoms with van der Waals surface area (Å²) in [6.07, 6.45) is 5.74. The molecule has 0 N–H and O–H groups in total. The van der Waals surface area contributed by atoms with Crippen LogP contribution in [0, 0.1) is 0 Å². The van der Waals surface area contributed by atoms with Gasteiger partial charge in [0.05, 0.1) is 13.7 Å². The number of unbranched alkanes of at least 4 members (excludes halogenated alkanes) is 1. The van der Waals surface area contributed by atoms with Crippen molar-refractivity contribution in [3.05, 3.63) is 64.7 Å². The van der Waals surface area contributed by atoms with Gasteiger partial charge in [-0.15, -0.1) is 0 Å². The van der Waals surface area contributed by atoms with Gasteiger partial charge in [0.15, 0.2) is 17.3 Å². The number of carbonyl (C=O) groups is 1. The molecule has 130 valence electrons. The van der Waals surface area contributed by atoms with Crippen molar-refractivity contribution in [2.24, 2.45) is 0 Å². The monoisotopic (exact) mass is 336 g/mol. The number of allylic oxidation sites excluding steroid dienone is 1. The van der Waals surface area contributed by atoms with Gasteiger partial charge in [-0.1, -0.05) is 43.7 Å². The van der Waals surface area contributed by atoms with Crippen LogP contribution in [0.4, 0.5) is 0 Å². The molecule has 0 radical (unpaired) electrons. The molecule has 3 nitrogen and oxygen atoms in total. The van der Waals surface area contributed by atoms with Gasteiger partial charge in [-0.3, -0.25) is 4.79 Å². The van der Waals surface area contributed by atoms with Crippen LogP contribution in [0.5, 0.6) is 11.5 Å². The van der Waals surface area contributed by atoms with E-state index < -0.39 is 0 Å². The van der Waals surface area contributed by atoms with Crippen LogP contribution in [0.15, 0.2) is 48.0 Å². The molecule has 0 bridgehead atoms. The lowest BCUT2D eigenvalue weighted by Gasteiger charge is -2.17. The Morgan fingerprint density at radius 3 is 2.72 bits per heavy atom. The summed E-state index contributed by atoms with van der Waals surface area (Å²) < 4.78 is 11.2. The Kier molecular flexibility index (Phi) is 5.54. The Morgan fingerprint density at radius 2 is 1.92 bits per heavy atom. The molecule has 3 heteroatoms. The van der Waals surface area contributed by atoms with Crippen molar-refractivity contribution in [2.45, 2.75) is 32.6 Å². The summed E-state index contributed by atoms with van der Waals surface area (Å²) >= 11 is 0. The molecule has 0 saturated heterocycles. The van der Waals surface area contributed by atoms with Crippen LogP contribution in [0.1, 0.15) is 47.7 Å². The van der Waals surface area contributed by atoms with Crippen LogP contribution in [-0.2, 0) is 6.42 Å². The highest BCUT2D eigenvalue weighted by Crippen LogP contribution is 2.31. The first-order valence-electron chi connectivity index (χ1n) is 8.87. The standard InChI is InChI=1S/C22H24O3/c1-3-4-13-25-21-15-16(9-12-20(21)24-2)14-18-11-10-17-7-5-6-8-19(17)22(18)23/h5-9,12,14-15H,3-4,10-11,13H2,1-2H3/b18-14+. The second-order valence-electron chi connectivity index (χ2n) is 6.27. The highest BCUT2D eigenvalue weighted by Gasteiger charge is 2.21. The minimum absolute atomic E-state index is 0.131. The summed E-state index contributed by atoms with van der Waals surface area (Å²) in [4.78, 5) is 12.7. The van der Waals surface area contributed by atoms with Crippen LogP contribution in [0.3, 0.4) is 0 Å². The van der Waals surface area contributed by atoms with Gasteiger partial charge in [0.25, 0.3) is 0 Å². The Morgan fingerprint density at radius 1 is 1.08 bits per heavy atom. The molecule has 3 rings (SSSR count). The van der Waals surface area contributed by atoms with E-state index in [0.29, 0.717) is 6.61 Å². The van der Waals surface area contributed by atoms with Crippen molar-refractivity contribution in [3.63, 3.8) is 0 Å². The third kappa shape index (κ3) is 3.93. The Balaban J connectivity index is 1.86. The highest BCUT2D eigenvalue weighted by atomic mass is 16.5. The molecule has 2 aromatic carbocycles. The van der Waals surface area contributed by atoms with Gasteiger partial charge in [-0.25, -0.2) is 0 Å². The number of Topliss-reactive ketones (excluding diaryl/α,β-unsaturated/α-hetero) is 1. The van der Waals surface area contributed by atoms with Crippen LogP contribution < -0.4 is 9.47 Å². The van der Waals surface area contributed by atoms with Gasteiger partial charge in [-0.05, 0) is 48.6 Å². The van der Waals surface area contributed by atoms with Crippen molar-refractivity contribution in [1.82, 2.24) is 0 Å². The van der Waals surface area contributed by atoms with Crippen LogP contribution in [-0.4, -0.2) is 19.5 Å². The quantitative estimate of drug-likeness (QED) is 0.545. The van der Waals surface area contributed by atoms with E-state index in [1.54, 1.807) is 7.11 Å². The van der Waals surface area contributed by atoms with E-state index in [9.17, 15) is 4.79 Å². The maximum Gasteiger partial charge on any atom is 0.189 e. The van der Waals surface area contributed by atoms with Gasteiger partial charge in [0.2, 0.25) is 0 Å². The maximum atomic E-state index is 12.7. The van der Waals surface area contributed by atoms with E-state index in [4.69, 9.17) is 9.47 Å². The lowest BCUT2D eigenvalue weighted by molar-refractivity contribution is 0.102. The van der Waals surface area contributed by atoms with Crippen LogP contribution in [0.2, 0.25) is 0 Å². The fourth-order valence-corrected chi connectivity index (χ4v) is 3.08. The van der Waals surface area contributed by atoms with Gasteiger partial charge < -0.3 is 9.47 Å². The topological polar surface area (TPSA) is 35.5 Å². The number of rotatable bonds is 6. The first kappa shape index (κ1) is 17.3. The van der Waals surface area contributed by atoms with Crippen molar-refractivity contribution < 1.29 is 14.3 Å². The van der Waals surface area contributed by atoms with E-state index in [1.807, 2.05) is 48.5 Å². The van der Waals surface area contributed by atoms with Gasteiger partial charge in [0, 0.05) is 11.1 Å². The van der Waals surface area contributed by atoms with Gasteiger partial charge in [0.1, 0.15) is 0 Å². The predicted molar refractivity (Wildman–Crippen MR) is 100 cm³/mol. The number of methoxy groups -OCH3 is 1. The summed E-state index contributed by atoms with van der Waals surface area (Å²) in [5.74, 6) is 1.58. The van der Waals surface area contributed by atoms with Gasteiger partial charge in [-0.2, -0.15) is 0 Å². The molecule has 0 fully saturated rings. The lowest BCUT2D eigenvalue weighted by atomic mass is 9.86. The fourth-order valence-electron chi connectivity index (χ4n) is 3.08. The second kappa shape index (κ2) is 8.02. The fraction of sp³-hybridized carbons (Fsp3) is 0.318. The molecule has 0 spiro atoms. The Hall–Kier alpha value is -2.55. The van der Waals surface area contributed by atoms with E-state index in [2.05, 4.69) is 6.92 Å². The van der Waals surface area contributed by atoms with Crippen molar-refractivity contribution in [3.8, 4) is 11.5 Å². The molecule has 0 aliphatic heterocycles. The molecular formula is C22H24O3. The molecule has 1 aliphatic rings. The molecule has 0 amide bonds. The van der Waals surface area contributed by atoms with E-state index in [0.717, 1.165) is 59.4 Å². The number of carbonyl (C=O) groups excluding carboxylic acids is 1. The molecule has 0 unspecified atom stereocenters. The summed E-state index contributed by atoms with van der Waals surface area (Å²) in [6.45, 7) is 2.80. The average Bonchev–Trinajstić information content (AvgIpc) is 2.65. The SMILES string of the molecule is CCCCOc1cc(/C=C2\CCc3ccccc3C2=O)ccc1OC. The molecule has 0 aromatic heterocycles. The summed E-state index contributed by atoms with van der Waals surface area (Å²) in [6, 6.07) is 13.7. The number of fused-ring (bicyclic) bond motifs is 1. The summed E-state index contributed by atoms with van der Waals surface area (Å²) in [5, 5.41) is 0. The third-order valence-electron chi connectivity index (χ3n) is 4.50. The molecule has 0 saturated carbocycles. The maximum absolute atomic E-state index is 12.7. The van der Waals surface area contributed by atoms with E-state index in [-0.39, 0.29) is 5.78 Å². The van der Waals surface area contributed by atoms with Crippen LogP contribution in [0.25, 0.3) is 6.08 Å². The zero-order valence-corrected chi connectivity index (χ0v) is 14.9. The molecule has 2 aromatic rings. The first-order chi connectivity index (χ1) is 12.2. The number of benzene rings is 2. The molecule has 1 aliphatic carbocycles. The van der Waals surface area contributed by atoms with E-state index in [1.165, 1.54) is 0 Å². The highest BCUT2D eigenvalue weighted by molar-refractivity contribution is 6.13. The van der Waals surface area contributed by atoms with Crippen molar-refractivity contribution >= 4 is 11.9 Å². The number of aryl methyl sites for hydroxylation is 1. The Bertz CT molecular complexity index is 790. The lowest BCUT2D eigenvalue weighted by Crippen LogP contribution is -2.13. The minimum Gasteiger partial charge on any atom is -0.493 e. The number of ether oxygens (including phenoxy) is 2.